The van der Waals surface area contributed by atoms with Gasteiger partial charge in [-0.3, -0.25) is 4.90 Å². The van der Waals surface area contributed by atoms with Gasteiger partial charge in [0.1, 0.15) is 0 Å². The highest BCUT2D eigenvalue weighted by atomic mass is 35.5. The Morgan fingerprint density at radius 3 is 2.50 bits per heavy atom. The summed E-state index contributed by atoms with van der Waals surface area (Å²) in [5.74, 6) is 0. The van der Waals surface area contributed by atoms with Crippen molar-refractivity contribution in [2.45, 2.75) is 26.4 Å². The van der Waals surface area contributed by atoms with Crippen LogP contribution in [0.5, 0.6) is 0 Å². The van der Waals surface area contributed by atoms with E-state index < -0.39 is 0 Å². The van der Waals surface area contributed by atoms with Crippen molar-refractivity contribution in [1.82, 2.24) is 4.90 Å². The quantitative estimate of drug-likeness (QED) is 0.765. The van der Waals surface area contributed by atoms with Crippen LogP contribution in [0.1, 0.15) is 19.4 Å². The lowest BCUT2D eigenvalue weighted by molar-refractivity contribution is 0.266. The van der Waals surface area contributed by atoms with E-state index in [1.807, 2.05) is 18.2 Å². The smallest absolute Gasteiger partial charge is 0.0637 e. The normalized spacial score (nSPS) is 11.4. The molecule has 0 N–H and O–H groups in total. The molecule has 14 heavy (non-hydrogen) atoms. The third kappa shape index (κ3) is 2.88. The van der Waals surface area contributed by atoms with E-state index in [-0.39, 0.29) is 0 Å². The first-order valence-electron chi connectivity index (χ1n) is 4.65. The van der Waals surface area contributed by atoms with Gasteiger partial charge < -0.3 is 0 Å². The molecule has 1 rings (SSSR count). The fraction of sp³-hybridized carbons (Fsp3) is 0.455. The zero-order valence-corrected chi connectivity index (χ0v) is 10.2. The summed E-state index contributed by atoms with van der Waals surface area (Å²) in [6.45, 7) is 5.13. The molecule has 0 aliphatic carbocycles. The van der Waals surface area contributed by atoms with Crippen molar-refractivity contribution in [2.24, 2.45) is 0 Å². The number of nitrogens with zero attached hydrogens (tertiary/aromatic N) is 1. The third-order valence-electron chi connectivity index (χ3n) is 2.33. The van der Waals surface area contributed by atoms with Crippen molar-refractivity contribution in [2.75, 3.05) is 7.05 Å². The molecule has 0 heterocycles. The Kier molecular flexibility index (Phi) is 4.24. The van der Waals surface area contributed by atoms with Crippen molar-refractivity contribution in [3.63, 3.8) is 0 Å². The van der Waals surface area contributed by atoms with E-state index in [9.17, 15) is 0 Å². The third-order valence-corrected chi connectivity index (χ3v) is 3.19. The van der Waals surface area contributed by atoms with Crippen molar-refractivity contribution < 1.29 is 0 Å². The van der Waals surface area contributed by atoms with E-state index in [0.29, 0.717) is 16.1 Å². The second-order valence-electron chi connectivity index (χ2n) is 3.72. The summed E-state index contributed by atoms with van der Waals surface area (Å²) in [6.07, 6.45) is 0. The summed E-state index contributed by atoms with van der Waals surface area (Å²) in [5.41, 5.74) is 1.08. The minimum atomic E-state index is 0.505. The molecule has 0 bridgehead atoms. The summed E-state index contributed by atoms with van der Waals surface area (Å²) in [4.78, 5) is 2.22. The molecule has 0 aromatic heterocycles. The van der Waals surface area contributed by atoms with Gasteiger partial charge in [-0.2, -0.15) is 0 Å². The first-order valence-corrected chi connectivity index (χ1v) is 5.41. The van der Waals surface area contributed by atoms with Gasteiger partial charge in [0.25, 0.3) is 0 Å². The highest BCUT2D eigenvalue weighted by Gasteiger charge is 2.08. The fourth-order valence-corrected chi connectivity index (χ4v) is 1.50. The van der Waals surface area contributed by atoms with Crippen LogP contribution in [0.3, 0.4) is 0 Å². The number of halogens is 2. The molecule has 78 valence electrons. The summed E-state index contributed by atoms with van der Waals surface area (Å²) < 4.78 is 0. The van der Waals surface area contributed by atoms with Crippen molar-refractivity contribution in [3.8, 4) is 0 Å². The lowest BCUT2D eigenvalue weighted by Gasteiger charge is -2.21. The van der Waals surface area contributed by atoms with E-state index >= 15 is 0 Å². The fourth-order valence-electron chi connectivity index (χ4n) is 1.12. The van der Waals surface area contributed by atoms with E-state index in [0.717, 1.165) is 12.1 Å². The summed E-state index contributed by atoms with van der Waals surface area (Å²) >= 11 is 12.0. The summed E-state index contributed by atoms with van der Waals surface area (Å²) in [7, 11) is 2.07. The monoisotopic (exact) mass is 231 g/mol. The van der Waals surface area contributed by atoms with Crippen LogP contribution in [0.15, 0.2) is 18.2 Å². The predicted molar refractivity (Wildman–Crippen MR) is 63.1 cm³/mol. The average Bonchev–Trinajstić information content (AvgIpc) is 2.12. The number of hydrogen-bond donors (Lipinski definition) is 0. The molecule has 1 aromatic rings. The van der Waals surface area contributed by atoms with Crippen molar-refractivity contribution >= 4 is 23.2 Å². The minimum absolute atomic E-state index is 0.505. The van der Waals surface area contributed by atoms with Gasteiger partial charge >= 0.3 is 0 Å². The Morgan fingerprint density at radius 2 is 1.93 bits per heavy atom. The minimum Gasteiger partial charge on any atom is -0.300 e. The predicted octanol–water partition coefficient (Wildman–Crippen LogP) is 3.83. The van der Waals surface area contributed by atoms with Gasteiger partial charge in [0, 0.05) is 12.6 Å². The van der Waals surface area contributed by atoms with Crippen molar-refractivity contribution in [3.05, 3.63) is 33.8 Å². The molecule has 0 fully saturated rings. The summed E-state index contributed by atoms with van der Waals surface area (Å²) in [5, 5.41) is 1.29. The van der Waals surface area contributed by atoms with Crippen LogP contribution in [0.2, 0.25) is 10.0 Å². The maximum Gasteiger partial charge on any atom is 0.0637 e. The molecule has 0 unspecified atom stereocenters. The molecule has 0 amide bonds. The van der Waals surface area contributed by atoms with Gasteiger partial charge in [0.15, 0.2) is 0 Å². The first kappa shape index (κ1) is 11.8. The first-order chi connectivity index (χ1) is 6.52. The Hall–Kier alpha value is -0.240. The number of rotatable bonds is 3. The Morgan fingerprint density at radius 1 is 1.29 bits per heavy atom. The number of benzene rings is 1. The molecule has 0 atom stereocenters. The Bertz CT molecular complexity index is 310. The molecule has 0 aliphatic heterocycles. The topological polar surface area (TPSA) is 3.24 Å². The van der Waals surface area contributed by atoms with Gasteiger partial charge in [-0.25, -0.2) is 0 Å². The van der Waals surface area contributed by atoms with Crippen LogP contribution in [0, 0.1) is 0 Å². The van der Waals surface area contributed by atoms with E-state index in [2.05, 4.69) is 25.8 Å². The molecule has 1 aromatic carbocycles. The zero-order valence-electron chi connectivity index (χ0n) is 8.72. The van der Waals surface area contributed by atoms with Crippen LogP contribution in [-0.2, 0) is 6.54 Å². The van der Waals surface area contributed by atoms with Crippen LogP contribution in [0.25, 0.3) is 0 Å². The largest absolute Gasteiger partial charge is 0.300 e. The lowest BCUT2D eigenvalue weighted by Crippen LogP contribution is -2.25. The Balaban J connectivity index is 2.82. The molecule has 0 saturated carbocycles. The van der Waals surface area contributed by atoms with Crippen molar-refractivity contribution in [1.29, 1.82) is 0 Å². The van der Waals surface area contributed by atoms with E-state index in [1.54, 1.807) is 0 Å². The maximum absolute atomic E-state index is 6.08. The van der Waals surface area contributed by atoms with Crippen LogP contribution in [0.4, 0.5) is 0 Å². The van der Waals surface area contributed by atoms with Gasteiger partial charge in [-0.15, -0.1) is 0 Å². The Labute approximate surface area is 95.6 Å². The zero-order chi connectivity index (χ0) is 10.7. The van der Waals surface area contributed by atoms with E-state index in [4.69, 9.17) is 23.2 Å². The molecule has 0 aliphatic rings. The highest BCUT2D eigenvalue weighted by molar-refractivity contribution is 6.42. The molecule has 0 spiro atoms. The maximum atomic E-state index is 6.08. The molecule has 0 saturated heterocycles. The average molecular weight is 232 g/mol. The van der Waals surface area contributed by atoms with Gasteiger partial charge in [-0.05, 0) is 32.5 Å². The van der Waals surface area contributed by atoms with Crippen LogP contribution >= 0.6 is 23.2 Å². The molecular weight excluding hydrogens is 217 g/mol. The second-order valence-corrected chi connectivity index (χ2v) is 4.51. The van der Waals surface area contributed by atoms with E-state index in [1.165, 1.54) is 0 Å². The molecule has 1 nitrogen and oxygen atoms in total. The second kappa shape index (κ2) is 5.01. The highest BCUT2D eigenvalue weighted by Crippen LogP contribution is 2.26. The summed E-state index contributed by atoms with van der Waals surface area (Å²) in [6, 6.07) is 6.25. The molecule has 3 heteroatoms. The van der Waals surface area contributed by atoms with Gasteiger partial charge in [-0.1, -0.05) is 35.3 Å². The SMILES string of the molecule is CC(C)N(C)Cc1cccc(Cl)c1Cl. The van der Waals surface area contributed by atoms with Crippen LogP contribution in [-0.4, -0.2) is 18.0 Å². The molecular formula is C11H15Cl2N. The van der Waals surface area contributed by atoms with Gasteiger partial charge in [0.2, 0.25) is 0 Å². The lowest BCUT2D eigenvalue weighted by atomic mass is 10.2. The van der Waals surface area contributed by atoms with Gasteiger partial charge in [0.05, 0.1) is 10.0 Å². The van der Waals surface area contributed by atoms with Crippen LogP contribution < -0.4 is 0 Å². The molecule has 0 radical (unpaired) electrons. The number of hydrogen-bond acceptors (Lipinski definition) is 1. The standard InChI is InChI=1S/C11H15Cl2N/c1-8(2)14(3)7-9-5-4-6-10(12)11(9)13/h4-6,8H,7H2,1-3H3.